The molecule has 1 unspecified atom stereocenters. The topological polar surface area (TPSA) is 94.1 Å². The quantitative estimate of drug-likeness (QED) is 0.589. The van der Waals surface area contributed by atoms with E-state index in [1.807, 2.05) is 0 Å². The number of fused-ring (bicyclic) bond motifs is 1. The highest BCUT2D eigenvalue weighted by atomic mass is 16.4. The van der Waals surface area contributed by atoms with Crippen LogP contribution in [0.2, 0.25) is 0 Å². The summed E-state index contributed by atoms with van der Waals surface area (Å²) < 4.78 is 5.12. The monoisotopic (exact) mass is 319 g/mol. The number of aliphatic hydroxyl groups is 1. The summed E-state index contributed by atoms with van der Waals surface area (Å²) >= 11 is 0. The lowest BCUT2D eigenvalue weighted by molar-refractivity contribution is 0.113. The Morgan fingerprint density at radius 2 is 1.96 bits per heavy atom. The largest absolute Gasteiger partial charge is 0.504 e. The molecule has 2 aromatic rings. The number of benzene rings is 1. The van der Waals surface area contributed by atoms with Crippen LogP contribution >= 0.6 is 0 Å². The molecule has 1 aromatic carbocycles. The summed E-state index contributed by atoms with van der Waals surface area (Å²) in [5.41, 5.74) is 0.545. The maximum absolute atomic E-state index is 11.8. The van der Waals surface area contributed by atoms with Crippen LogP contribution in [0.25, 0.3) is 11.0 Å². The maximum Gasteiger partial charge on any atom is 0.336 e. The molecule has 1 saturated heterocycles. The van der Waals surface area contributed by atoms with Gasteiger partial charge in [-0.2, -0.15) is 0 Å². The molecule has 0 saturated carbocycles. The molecule has 6 heteroatoms. The Balaban J connectivity index is 1.98. The summed E-state index contributed by atoms with van der Waals surface area (Å²) in [4.78, 5) is 14.0. The van der Waals surface area contributed by atoms with E-state index in [0.29, 0.717) is 24.4 Å². The second-order valence-corrected chi connectivity index (χ2v) is 6.06. The van der Waals surface area contributed by atoms with Gasteiger partial charge in [0.05, 0.1) is 0 Å². The predicted molar refractivity (Wildman–Crippen MR) is 85.6 cm³/mol. The number of likely N-dealkylation sites (tertiary alicyclic amines) is 1. The number of aliphatic hydroxyl groups excluding tert-OH is 1. The Bertz CT molecular complexity index is 752. The summed E-state index contributed by atoms with van der Waals surface area (Å²) in [6.07, 6.45) is 3.98. The van der Waals surface area contributed by atoms with Gasteiger partial charge < -0.3 is 19.7 Å². The fourth-order valence-electron chi connectivity index (χ4n) is 3.34. The van der Waals surface area contributed by atoms with Crippen molar-refractivity contribution < 1.29 is 19.7 Å². The number of hydrogen-bond donors (Lipinski definition) is 3. The third kappa shape index (κ3) is 3.33. The molecule has 0 radical (unpaired) electrons. The van der Waals surface area contributed by atoms with Gasteiger partial charge in [0.1, 0.15) is 5.58 Å². The molecule has 1 aliphatic heterocycles. The molecular weight excluding hydrogens is 298 g/mol. The average molecular weight is 319 g/mol. The van der Waals surface area contributed by atoms with Crippen LogP contribution in [0.1, 0.15) is 31.2 Å². The van der Waals surface area contributed by atoms with Crippen LogP contribution in [0.4, 0.5) is 0 Å². The van der Waals surface area contributed by atoms with Crippen LogP contribution in [-0.2, 0) is 6.54 Å². The van der Waals surface area contributed by atoms with E-state index in [9.17, 15) is 20.1 Å². The molecule has 0 spiro atoms. The third-order valence-electron chi connectivity index (χ3n) is 4.51. The van der Waals surface area contributed by atoms with Crippen molar-refractivity contribution in [2.45, 2.75) is 38.3 Å². The first-order valence-corrected chi connectivity index (χ1v) is 7.92. The minimum atomic E-state index is -0.478. The van der Waals surface area contributed by atoms with Crippen molar-refractivity contribution in [2.24, 2.45) is 0 Å². The molecule has 124 valence electrons. The Morgan fingerprint density at radius 1 is 1.17 bits per heavy atom. The van der Waals surface area contributed by atoms with Crippen molar-refractivity contribution in [3.05, 3.63) is 34.2 Å². The number of aromatic hydroxyl groups is 2. The van der Waals surface area contributed by atoms with Gasteiger partial charge in [0, 0.05) is 36.7 Å². The summed E-state index contributed by atoms with van der Waals surface area (Å²) in [5.74, 6) is -0.549. The molecule has 23 heavy (non-hydrogen) atoms. The van der Waals surface area contributed by atoms with E-state index in [4.69, 9.17) is 4.42 Å². The van der Waals surface area contributed by atoms with Gasteiger partial charge >= 0.3 is 5.63 Å². The summed E-state index contributed by atoms with van der Waals surface area (Å²) in [5, 5.41) is 29.2. The van der Waals surface area contributed by atoms with E-state index in [1.54, 1.807) is 0 Å². The zero-order valence-electron chi connectivity index (χ0n) is 12.9. The zero-order chi connectivity index (χ0) is 16.4. The lowest BCUT2D eigenvalue weighted by atomic mass is 9.98. The van der Waals surface area contributed by atoms with Crippen molar-refractivity contribution in [1.29, 1.82) is 0 Å². The SMILES string of the molecule is O=c1cc(CN2CCCCC2CCO)c2cc(O)c(O)cc2o1. The number of piperidine rings is 1. The molecule has 6 nitrogen and oxygen atoms in total. The molecule has 1 atom stereocenters. The van der Waals surface area contributed by atoms with E-state index >= 15 is 0 Å². The molecule has 0 amide bonds. The van der Waals surface area contributed by atoms with Crippen LogP contribution in [0.3, 0.4) is 0 Å². The Morgan fingerprint density at radius 3 is 2.74 bits per heavy atom. The second-order valence-electron chi connectivity index (χ2n) is 6.06. The van der Waals surface area contributed by atoms with E-state index in [-0.39, 0.29) is 23.7 Å². The molecule has 3 N–H and O–H groups in total. The minimum Gasteiger partial charge on any atom is -0.504 e. The Hall–Kier alpha value is -2.05. The normalized spacial score (nSPS) is 19.3. The molecule has 1 aliphatic rings. The number of hydrogen-bond acceptors (Lipinski definition) is 6. The van der Waals surface area contributed by atoms with Gasteiger partial charge in [-0.05, 0) is 37.4 Å². The number of phenols is 2. The maximum atomic E-state index is 11.8. The van der Waals surface area contributed by atoms with Gasteiger partial charge in [-0.1, -0.05) is 6.42 Å². The highest BCUT2D eigenvalue weighted by Crippen LogP contribution is 2.32. The molecule has 2 heterocycles. The van der Waals surface area contributed by atoms with Gasteiger partial charge in [-0.3, -0.25) is 4.90 Å². The zero-order valence-corrected chi connectivity index (χ0v) is 12.9. The smallest absolute Gasteiger partial charge is 0.336 e. The van der Waals surface area contributed by atoms with E-state index < -0.39 is 5.63 Å². The Kier molecular flexibility index (Phi) is 4.54. The van der Waals surface area contributed by atoms with Crippen LogP contribution in [0, 0.1) is 0 Å². The first-order valence-electron chi connectivity index (χ1n) is 7.92. The van der Waals surface area contributed by atoms with Crippen LogP contribution in [0.15, 0.2) is 27.4 Å². The second kappa shape index (κ2) is 6.60. The lowest BCUT2D eigenvalue weighted by Gasteiger charge is -2.35. The standard InChI is InChI=1S/C17H21NO5/c19-6-4-12-3-1-2-5-18(12)10-11-7-17(22)23-16-9-15(21)14(20)8-13(11)16/h7-9,12,19-21H,1-6,10H2. The fraction of sp³-hybridized carbons (Fsp3) is 0.471. The highest BCUT2D eigenvalue weighted by molar-refractivity contribution is 5.83. The van der Waals surface area contributed by atoms with Crippen molar-refractivity contribution in [3.8, 4) is 11.5 Å². The molecular formula is C17H21NO5. The minimum absolute atomic E-state index is 0.146. The molecule has 1 aromatic heterocycles. The van der Waals surface area contributed by atoms with Gasteiger partial charge in [0.2, 0.25) is 0 Å². The highest BCUT2D eigenvalue weighted by Gasteiger charge is 2.23. The average Bonchev–Trinajstić information content (AvgIpc) is 2.51. The van der Waals surface area contributed by atoms with Crippen LogP contribution < -0.4 is 5.63 Å². The van der Waals surface area contributed by atoms with Crippen molar-refractivity contribution in [1.82, 2.24) is 4.90 Å². The van der Waals surface area contributed by atoms with E-state index in [2.05, 4.69) is 4.90 Å². The molecule has 0 aliphatic carbocycles. The summed E-state index contributed by atoms with van der Waals surface area (Å²) in [7, 11) is 0. The fourth-order valence-corrected chi connectivity index (χ4v) is 3.34. The van der Waals surface area contributed by atoms with Gasteiger partial charge in [-0.25, -0.2) is 4.79 Å². The van der Waals surface area contributed by atoms with Crippen LogP contribution in [0.5, 0.6) is 11.5 Å². The van der Waals surface area contributed by atoms with Crippen LogP contribution in [-0.4, -0.2) is 39.4 Å². The number of rotatable bonds is 4. The van der Waals surface area contributed by atoms with E-state index in [0.717, 1.165) is 31.4 Å². The van der Waals surface area contributed by atoms with Gasteiger partial charge in [0.15, 0.2) is 11.5 Å². The van der Waals surface area contributed by atoms with Gasteiger partial charge in [0.25, 0.3) is 0 Å². The van der Waals surface area contributed by atoms with E-state index in [1.165, 1.54) is 18.2 Å². The molecule has 1 fully saturated rings. The first kappa shape index (κ1) is 15.8. The van der Waals surface area contributed by atoms with Crippen molar-refractivity contribution >= 4 is 11.0 Å². The third-order valence-corrected chi connectivity index (χ3v) is 4.51. The molecule has 0 bridgehead atoms. The number of phenolic OH excluding ortho intramolecular Hbond substituents is 2. The Labute approximate surface area is 133 Å². The first-order chi connectivity index (χ1) is 11.1. The van der Waals surface area contributed by atoms with Crippen molar-refractivity contribution in [2.75, 3.05) is 13.2 Å². The molecule has 3 rings (SSSR count). The predicted octanol–water partition coefficient (Wildman–Crippen LogP) is 1.94. The summed E-state index contributed by atoms with van der Waals surface area (Å²) in [6, 6.07) is 4.41. The summed E-state index contributed by atoms with van der Waals surface area (Å²) in [6.45, 7) is 1.61. The van der Waals surface area contributed by atoms with Crippen molar-refractivity contribution in [3.63, 3.8) is 0 Å². The van der Waals surface area contributed by atoms with Gasteiger partial charge in [-0.15, -0.1) is 0 Å². The number of nitrogens with zero attached hydrogens (tertiary/aromatic N) is 1. The lowest BCUT2D eigenvalue weighted by Crippen LogP contribution is -2.39.